The van der Waals surface area contributed by atoms with Crippen LogP contribution in [-0.4, -0.2) is 67.2 Å². The molecular formula is C20H19N5O5. The molecule has 1 saturated heterocycles. The molecule has 1 aliphatic rings. The highest BCUT2D eigenvalue weighted by molar-refractivity contribution is 6.06. The Balaban J connectivity index is 1.66. The molecule has 3 aromatic rings. The van der Waals surface area contributed by atoms with E-state index in [1.165, 1.54) is 12.7 Å². The van der Waals surface area contributed by atoms with Crippen LogP contribution in [0.4, 0.5) is 5.82 Å². The monoisotopic (exact) mass is 409 g/mol. The maximum atomic E-state index is 12.5. The predicted molar refractivity (Wildman–Crippen MR) is 105 cm³/mol. The number of ether oxygens (including phenoxy) is 2. The molecule has 30 heavy (non-hydrogen) atoms. The number of rotatable bonds is 6. The van der Waals surface area contributed by atoms with Crippen molar-refractivity contribution in [2.45, 2.75) is 24.5 Å². The number of terminal acetylenes is 1. The highest BCUT2D eigenvalue weighted by atomic mass is 16.6. The molecule has 1 amide bonds. The maximum absolute atomic E-state index is 12.5. The lowest BCUT2D eigenvalue weighted by atomic mass is 10.1. The van der Waals surface area contributed by atoms with E-state index in [1.54, 1.807) is 28.8 Å². The van der Waals surface area contributed by atoms with Crippen molar-refractivity contribution in [3.63, 3.8) is 0 Å². The summed E-state index contributed by atoms with van der Waals surface area (Å²) in [5.74, 6) is 2.24. The number of carbonyl (C=O) groups excluding carboxylic acids is 1. The van der Waals surface area contributed by atoms with E-state index in [0.717, 1.165) is 0 Å². The predicted octanol–water partition coefficient (Wildman–Crippen LogP) is 0.348. The fraction of sp³-hybridized carbons (Fsp3) is 0.300. The van der Waals surface area contributed by atoms with Gasteiger partial charge < -0.3 is 25.0 Å². The zero-order valence-electron chi connectivity index (χ0n) is 15.8. The highest BCUT2D eigenvalue weighted by Gasteiger charge is 2.45. The molecule has 0 aliphatic carbocycles. The fourth-order valence-corrected chi connectivity index (χ4v) is 3.32. The van der Waals surface area contributed by atoms with Gasteiger partial charge in [0.05, 0.1) is 12.9 Å². The molecule has 3 heterocycles. The number of amides is 1. The van der Waals surface area contributed by atoms with Crippen LogP contribution in [0.5, 0.6) is 0 Å². The molecule has 3 N–H and O–H groups in total. The summed E-state index contributed by atoms with van der Waals surface area (Å²) in [6.07, 6.45) is 4.38. The molecule has 1 aromatic carbocycles. The van der Waals surface area contributed by atoms with Crippen LogP contribution in [0.3, 0.4) is 0 Å². The summed E-state index contributed by atoms with van der Waals surface area (Å²) >= 11 is 0. The van der Waals surface area contributed by atoms with E-state index in [-0.39, 0.29) is 18.3 Å². The molecule has 2 aromatic heterocycles. The molecule has 0 saturated carbocycles. The Bertz CT molecular complexity index is 1080. The van der Waals surface area contributed by atoms with E-state index >= 15 is 0 Å². The van der Waals surface area contributed by atoms with Crippen molar-refractivity contribution in [2.75, 3.05) is 18.5 Å². The van der Waals surface area contributed by atoms with Gasteiger partial charge >= 0.3 is 0 Å². The molecule has 0 spiro atoms. The fourth-order valence-electron chi connectivity index (χ4n) is 3.32. The van der Waals surface area contributed by atoms with Gasteiger partial charge in [0.25, 0.3) is 5.91 Å². The van der Waals surface area contributed by atoms with Crippen LogP contribution >= 0.6 is 0 Å². The number of hydrogen-bond donors (Lipinski definition) is 3. The minimum absolute atomic E-state index is 0.0419. The van der Waals surface area contributed by atoms with E-state index in [0.29, 0.717) is 16.7 Å². The third kappa shape index (κ3) is 3.62. The molecule has 10 nitrogen and oxygen atoms in total. The van der Waals surface area contributed by atoms with Crippen LogP contribution in [-0.2, 0) is 9.47 Å². The maximum Gasteiger partial charge on any atom is 0.256 e. The van der Waals surface area contributed by atoms with Gasteiger partial charge in [0.1, 0.15) is 31.2 Å². The normalized spacial score (nSPS) is 23.4. The summed E-state index contributed by atoms with van der Waals surface area (Å²) in [4.78, 5) is 25.1. The van der Waals surface area contributed by atoms with Gasteiger partial charge in [0, 0.05) is 5.56 Å². The first-order valence-corrected chi connectivity index (χ1v) is 9.17. The zero-order chi connectivity index (χ0) is 21.1. The van der Waals surface area contributed by atoms with Crippen LogP contribution in [0, 0.1) is 12.3 Å². The molecular weight excluding hydrogens is 390 g/mol. The molecule has 154 valence electrons. The number of anilines is 1. The van der Waals surface area contributed by atoms with Crippen LogP contribution < -0.4 is 5.32 Å². The lowest BCUT2D eigenvalue weighted by Crippen LogP contribution is -2.35. The first-order chi connectivity index (χ1) is 14.6. The summed E-state index contributed by atoms with van der Waals surface area (Å²) < 4.78 is 12.9. The van der Waals surface area contributed by atoms with Gasteiger partial charge in [-0.1, -0.05) is 24.1 Å². The molecule has 10 heteroatoms. The van der Waals surface area contributed by atoms with Crippen LogP contribution in [0.1, 0.15) is 16.6 Å². The number of imidazole rings is 1. The molecule has 1 fully saturated rings. The van der Waals surface area contributed by atoms with Gasteiger partial charge in [-0.05, 0) is 12.1 Å². The van der Waals surface area contributed by atoms with Crippen molar-refractivity contribution >= 4 is 22.9 Å². The minimum Gasteiger partial charge on any atom is -0.394 e. The quantitative estimate of drug-likeness (QED) is 0.497. The van der Waals surface area contributed by atoms with E-state index in [1.807, 2.05) is 6.07 Å². The first kappa shape index (κ1) is 19.9. The van der Waals surface area contributed by atoms with Crippen LogP contribution in [0.2, 0.25) is 0 Å². The third-order valence-corrected chi connectivity index (χ3v) is 4.75. The summed E-state index contributed by atoms with van der Waals surface area (Å²) in [5, 5.41) is 22.6. The molecule has 0 radical (unpaired) electrons. The number of fused-ring (bicyclic) bond motifs is 1. The Morgan fingerprint density at radius 2 is 2.10 bits per heavy atom. The Morgan fingerprint density at radius 1 is 1.30 bits per heavy atom. The second kappa shape index (κ2) is 8.56. The van der Waals surface area contributed by atoms with Crippen molar-refractivity contribution in [1.29, 1.82) is 0 Å². The lowest BCUT2D eigenvalue weighted by Gasteiger charge is -2.21. The van der Waals surface area contributed by atoms with Crippen LogP contribution in [0.25, 0.3) is 11.2 Å². The van der Waals surface area contributed by atoms with Crippen molar-refractivity contribution in [3.8, 4) is 12.3 Å². The van der Waals surface area contributed by atoms with Gasteiger partial charge in [0.15, 0.2) is 23.2 Å². The van der Waals surface area contributed by atoms with E-state index in [4.69, 9.17) is 15.9 Å². The third-order valence-electron chi connectivity index (χ3n) is 4.75. The molecule has 4 atom stereocenters. The number of benzene rings is 1. The van der Waals surface area contributed by atoms with Gasteiger partial charge in [-0.2, -0.15) is 0 Å². The molecule has 4 rings (SSSR count). The summed E-state index contributed by atoms with van der Waals surface area (Å²) in [6.45, 7) is -0.437. The van der Waals surface area contributed by atoms with Crippen molar-refractivity contribution in [3.05, 3.63) is 48.5 Å². The van der Waals surface area contributed by atoms with Crippen molar-refractivity contribution in [2.24, 2.45) is 0 Å². The van der Waals surface area contributed by atoms with Gasteiger partial charge in [-0.15, -0.1) is 6.42 Å². The number of aromatic nitrogens is 4. The standard InChI is InChI=1S/C20H19N5O5/c1-2-8-29-16-15(27)13(9-26)30-20(16)25-11-23-14-17(21-10-22-18(14)25)24-19(28)12-6-4-3-5-7-12/h1,3-7,10-11,13,15-16,20,26-27H,8-9H2,(H,21,22,24,28). The van der Waals surface area contributed by atoms with Gasteiger partial charge in [0.2, 0.25) is 0 Å². The first-order valence-electron chi connectivity index (χ1n) is 9.17. The Labute approximate surface area is 171 Å². The number of hydrogen-bond acceptors (Lipinski definition) is 8. The van der Waals surface area contributed by atoms with Crippen molar-refractivity contribution in [1.82, 2.24) is 19.5 Å². The summed E-state index contributed by atoms with van der Waals surface area (Å²) in [5.41, 5.74) is 1.17. The molecule has 4 unspecified atom stereocenters. The van der Waals surface area contributed by atoms with E-state index in [9.17, 15) is 15.0 Å². The number of nitrogens with zero attached hydrogens (tertiary/aromatic N) is 4. The average Bonchev–Trinajstić information content (AvgIpc) is 3.34. The smallest absolute Gasteiger partial charge is 0.256 e. The minimum atomic E-state index is -1.09. The Hall–Kier alpha value is -3.36. The zero-order valence-corrected chi connectivity index (χ0v) is 15.8. The van der Waals surface area contributed by atoms with Crippen molar-refractivity contribution < 1.29 is 24.5 Å². The SMILES string of the molecule is C#CCOC1C(O)C(CO)OC1n1cnc2c(NC(=O)c3ccccc3)ncnc21. The molecule has 1 aliphatic heterocycles. The molecule has 0 bridgehead atoms. The largest absolute Gasteiger partial charge is 0.394 e. The van der Waals surface area contributed by atoms with Gasteiger partial charge in [-0.3, -0.25) is 9.36 Å². The number of aliphatic hydroxyl groups is 2. The average molecular weight is 409 g/mol. The summed E-state index contributed by atoms with van der Waals surface area (Å²) in [6, 6.07) is 8.70. The van der Waals surface area contributed by atoms with Crippen LogP contribution in [0.15, 0.2) is 43.0 Å². The Morgan fingerprint density at radius 3 is 2.83 bits per heavy atom. The van der Waals surface area contributed by atoms with E-state index < -0.39 is 31.1 Å². The Kier molecular flexibility index (Phi) is 5.69. The topological polar surface area (TPSA) is 132 Å². The van der Waals surface area contributed by atoms with E-state index in [2.05, 4.69) is 26.2 Å². The lowest BCUT2D eigenvalue weighted by molar-refractivity contribution is -0.0636. The number of nitrogens with one attached hydrogen (secondary N) is 1. The highest BCUT2D eigenvalue weighted by Crippen LogP contribution is 2.34. The van der Waals surface area contributed by atoms with Gasteiger partial charge in [-0.25, -0.2) is 15.0 Å². The summed E-state index contributed by atoms with van der Waals surface area (Å²) in [7, 11) is 0. The number of carbonyl (C=O) groups is 1. The number of aliphatic hydroxyl groups excluding tert-OH is 2. The second-order valence-electron chi connectivity index (χ2n) is 6.58. The second-order valence-corrected chi connectivity index (χ2v) is 6.58.